The predicted octanol–water partition coefficient (Wildman–Crippen LogP) is 6.30. The molecule has 1 N–H and O–H groups in total. The average molecular weight is 509 g/mol. The molecule has 0 bridgehead atoms. The van der Waals surface area contributed by atoms with E-state index in [9.17, 15) is 13.2 Å². The van der Waals surface area contributed by atoms with Gasteiger partial charge in [-0.05, 0) is 41.6 Å². The summed E-state index contributed by atoms with van der Waals surface area (Å²) in [5, 5.41) is 8.69. The quantitative estimate of drug-likeness (QED) is 0.259. The molecule has 0 aliphatic carbocycles. The van der Waals surface area contributed by atoms with E-state index in [4.69, 9.17) is 9.84 Å². The van der Waals surface area contributed by atoms with E-state index in [-0.39, 0.29) is 23.2 Å². The van der Waals surface area contributed by atoms with Crippen molar-refractivity contribution in [2.45, 2.75) is 16.9 Å². The summed E-state index contributed by atoms with van der Waals surface area (Å²) >= 11 is -0.130. The minimum atomic E-state index is -4.39. The highest BCUT2D eigenvalue weighted by molar-refractivity contribution is 8.00. The number of thioether (sulfide) groups is 1. The standard InChI is InChI=1S/C25H19F3N6OS/c1-35-20-14-30-24(32-23(20)31-17-10-12-29-13-11-17)22-18-7-3-4-8-19(18)34(33-22)15-16-6-2-5-9-21(16)36-25(26,27)28/h2-14H,15H2,1H3,(H,29,30,31,32). The summed E-state index contributed by atoms with van der Waals surface area (Å²) in [6.07, 6.45) is 4.86. The van der Waals surface area contributed by atoms with Crippen molar-refractivity contribution in [1.29, 1.82) is 0 Å². The summed E-state index contributed by atoms with van der Waals surface area (Å²) in [6.45, 7) is 0.151. The van der Waals surface area contributed by atoms with Crippen molar-refractivity contribution in [1.82, 2.24) is 24.7 Å². The molecule has 0 radical (unpaired) electrons. The number of hydrogen-bond acceptors (Lipinski definition) is 7. The fourth-order valence-electron chi connectivity index (χ4n) is 3.73. The van der Waals surface area contributed by atoms with Crippen molar-refractivity contribution in [2.75, 3.05) is 12.4 Å². The van der Waals surface area contributed by atoms with Crippen molar-refractivity contribution in [3.63, 3.8) is 0 Å². The van der Waals surface area contributed by atoms with Crippen LogP contribution in [0, 0.1) is 0 Å². The SMILES string of the molecule is COc1cnc(-c2nn(Cc3ccccc3SC(F)(F)F)c3ccccc23)nc1Nc1ccncc1. The molecule has 0 unspecified atom stereocenters. The average Bonchev–Trinajstić information content (AvgIpc) is 3.23. The Morgan fingerprint density at radius 1 is 1.00 bits per heavy atom. The molecule has 0 spiro atoms. The van der Waals surface area contributed by atoms with Crippen molar-refractivity contribution in [3.05, 3.63) is 84.8 Å². The third-order valence-corrected chi connectivity index (χ3v) is 6.16. The van der Waals surface area contributed by atoms with E-state index in [0.29, 0.717) is 28.6 Å². The third-order valence-electron chi connectivity index (χ3n) is 5.31. The topological polar surface area (TPSA) is 77.8 Å². The number of nitrogens with zero attached hydrogens (tertiary/aromatic N) is 5. The van der Waals surface area contributed by atoms with Crippen LogP contribution >= 0.6 is 11.8 Å². The largest absolute Gasteiger partial charge is 0.491 e. The number of ether oxygens (including phenoxy) is 1. The first kappa shape index (κ1) is 23.6. The molecule has 5 rings (SSSR count). The van der Waals surface area contributed by atoms with Crippen molar-refractivity contribution in [2.24, 2.45) is 0 Å². The van der Waals surface area contributed by atoms with Crippen LogP contribution in [0.25, 0.3) is 22.4 Å². The van der Waals surface area contributed by atoms with Gasteiger partial charge in [-0.3, -0.25) is 9.67 Å². The maximum absolute atomic E-state index is 13.1. The number of rotatable bonds is 7. The van der Waals surface area contributed by atoms with Gasteiger partial charge >= 0.3 is 5.51 Å². The number of para-hydroxylation sites is 1. The molecule has 0 amide bonds. The van der Waals surface area contributed by atoms with Gasteiger partial charge in [-0.2, -0.15) is 18.3 Å². The fraction of sp³-hybridized carbons (Fsp3) is 0.120. The predicted molar refractivity (Wildman–Crippen MR) is 132 cm³/mol. The zero-order valence-electron chi connectivity index (χ0n) is 18.9. The van der Waals surface area contributed by atoms with Crippen LogP contribution in [0.3, 0.4) is 0 Å². The first-order valence-electron chi connectivity index (χ1n) is 10.8. The molecule has 0 fully saturated rings. The summed E-state index contributed by atoms with van der Waals surface area (Å²) < 4.78 is 46.4. The molecule has 182 valence electrons. The molecule has 7 nitrogen and oxygen atoms in total. The van der Waals surface area contributed by atoms with Crippen LogP contribution < -0.4 is 10.1 Å². The lowest BCUT2D eigenvalue weighted by Gasteiger charge is -2.12. The lowest BCUT2D eigenvalue weighted by Crippen LogP contribution is -2.06. The van der Waals surface area contributed by atoms with Gasteiger partial charge in [-0.15, -0.1) is 0 Å². The number of benzene rings is 2. The summed E-state index contributed by atoms with van der Waals surface area (Å²) in [5.41, 5.74) is -1.85. The lowest BCUT2D eigenvalue weighted by molar-refractivity contribution is -0.0328. The van der Waals surface area contributed by atoms with E-state index in [1.807, 2.05) is 24.3 Å². The Bertz CT molecular complexity index is 1510. The second-order valence-corrected chi connectivity index (χ2v) is 8.76. The van der Waals surface area contributed by atoms with E-state index in [1.165, 1.54) is 13.2 Å². The van der Waals surface area contributed by atoms with Crippen LogP contribution in [0.2, 0.25) is 0 Å². The second kappa shape index (κ2) is 9.86. The molecule has 0 saturated carbocycles. The highest BCUT2D eigenvalue weighted by Gasteiger charge is 2.30. The van der Waals surface area contributed by atoms with E-state index in [1.54, 1.807) is 53.6 Å². The number of hydrogen-bond donors (Lipinski definition) is 1. The molecular formula is C25H19F3N6OS. The molecule has 3 heterocycles. The molecule has 36 heavy (non-hydrogen) atoms. The van der Waals surface area contributed by atoms with Gasteiger partial charge in [0, 0.05) is 28.4 Å². The summed E-state index contributed by atoms with van der Waals surface area (Å²) in [6, 6.07) is 17.5. The minimum Gasteiger partial charge on any atom is -0.491 e. The molecule has 3 aromatic heterocycles. The van der Waals surface area contributed by atoms with Gasteiger partial charge in [-0.1, -0.05) is 36.4 Å². The Kier molecular flexibility index (Phi) is 6.47. The van der Waals surface area contributed by atoms with E-state index in [0.717, 1.165) is 16.6 Å². The first-order chi connectivity index (χ1) is 17.4. The Hall–Kier alpha value is -4.12. The van der Waals surface area contributed by atoms with Gasteiger partial charge in [0.25, 0.3) is 0 Å². The number of fused-ring (bicyclic) bond motifs is 1. The van der Waals surface area contributed by atoms with E-state index < -0.39 is 5.51 Å². The molecular weight excluding hydrogens is 489 g/mol. The highest BCUT2D eigenvalue weighted by atomic mass is 32.2. The monoisotopic (exact) mass is 508 g/mol. The second-order valence-electron chi connectivity index (χ2n) is 7.65. The molecule has 2 aromatic carbocycles. The van der Waals surface area contributed by atoms with Crippen LogP contribution in [0.4, 0.5) is 24.7 Å². The van der Waals surface area contributed by atoms with Gasteiger partial charge in [0.2, 0.25) is 0 Å². The number of methoxy groups -OCH3 is 1. The van der Waals surface area contributed by atoms with Gasteiger partial charge in [0.1, 0.15) is 5.69 Å². The maximum Gasteiger partial charge on any atom is 0.446 e. The minimum absolute atomic E-state index is 0.130. The molecule has 5 aromatic rings. The zero-order chi connectivity index (χ0) is 25.1. The fourth-order valence-corrected chi connectivity index (χ4v) is 4.39. The summed E-state index contributed by atoms with van der Waals surface area (Å²) in [7, 11) is 1.52. The third kappa shape index (κ3) is 5.10. The van der Waals surface area contributed by atoms with Crippen LogP contribution in [-0.4, -0.2) is 37.4 Å². The normalized spacial score (nSPS) is 11.6. The Morgan fingerprint density at radius 2 is 1.75 bits per heavy atom. The Labute approximate surface area is 208 Å². The van der Waals surface area contributed by atoms with Gasteiger partial charge in [-0.25, -0.2) is 9.97 Å². The Balaban J connectivity index is 1.56. The van der Waals surface area contributed by atoms with Crippen molar-refractivity contribution >= 4 is 34.2 Å². The Morgan fingerprint density at radius 3 is 2.53 bits per heavy atom. The summed E-state index contributed by atoms with van der Waals surface area (Å²) in [5.74, 6) is 1.23. The number of aromatic nitrogens is 5. The van der Waals surface area contributed by atoms with Crippen LogP contribution in [0.5, 0.6) is 5.75 Å². The molecule has 11 heteroatoms. The van der Waals surface area contributed by atoms with E-state index >= 15 is 0 Å². The number of pyridine rings is 1. The smallest absolute Gasteiger partial charge is 0.446 e. The highest BCUT2D eigenvalue weighted by Crippen LogP contribution is 2.39. The molecule has 0 aliphatic heterocycles. The van der Waals surface area contributed by atoms with Crippen molar-refractivity contribution < 1.29 is 17.9 Å². The van der Waals surface area contributed by atoms with Crippen LogP contribution in [0.1, 0.15) is 5.56 Å². The molecule has 0 saturated heterocycles. The van der Waals surface area contributed by atoms with Crippen molar-refractivity contribution in [3.8, 4) is 17.3 Å². The van der Waals surface area contributed by atoms with Gasteiger partial charge in [0.15, 0.2) is 17.4 Å². The van der Waals surface area contributed by atoms with E-state index in [2.05, 4.69) is 20.3 Å². The van der Waals surface area contributed by atoms with Crippen LogP contribution in [0.15, 0.2) is 84.1 Å². The number of nitrogens with one attached hydrogen (secondary N) is 1. The van der Waals surface area contributed by atoms with Gasteiger partial charge in [0.05, 0.1) is 25.4 Å². The first-order valence-corrected chi connectivity index (χ1v) is 11.6. The summed E-state index contributed by atoms with van der Waals surface area (Å²) in [4.78, 5) is 13.2. The molecule has 0 aliphatic rings. The van der Waals surface area contributed by atoms with Crippen LogP contribution in [-0.2, 0) is 6.54 Å². The lowest BCUT2D eigenvalue weighted by atomic mass is 10.2. The van der Waals surface area contributed by atoms with Gasteiger partial charge < -0.3 is 10.1 Å². The maximum atomic E-state index is 13.1. The zero-order valence-corrected chi connectivity index (χ0v) is 19.7. The molecule has 0 atom stereocenters. The number of anilines is 2. The number of alkyl halides is 3. The number of halogens is 3.